The van der Waals surface area contributed by atoms with Crippen LogP contribution in [-0.2, 0) is 16.0 Å². The maximum absolute atomic E-state index is 12.3. The van der Waals surface area contributed by atoms with Crippen molar-refractivity contribution in [3.63, 3.8) is 0 Å². The van der Waals surface area contributed by atoms with Gasteiger partial charge in [-0.3, -0.25) is 12.7 Å². The predicted octanol–water partition coefficient (Wildman–Crippen LogP) is 3.37. The molecule has 0 saturated heterocycles. The summed E-state index contributed by atoms with van der Waals surface area (Å²) in [5.41, 5.74) is 3.74. The third kappa shape index (κ3) is 2.22. The molecule has 98 valence electrons. The Bertz CT molecular complexity index is 592. The molecule has 0 spiro atoms. The van der Waals surface area contributed by atoms with E-state index in [1.807, 2.05) is 24.3 Å². The van der Waals surface area contributed by atoms with Gasteiger partial charge in [-0.1, -0.05) is 18.2 Å². The fraction of sp³-hybridized carbons (Fsp3) is 0.333. The molecular formula is C15H14INO2. The van der Waals surface area contributed by atoms with Gasteiger partial charge in [-0.2, -0.15) is 0 Å². The Labute approximate surface area is 126 Å². The number of fused-ring (bicyclic) bond motifs is 1. The van der Waals surface area contributed by atoms with Gasteiger partial charge < -0.3 is 0 Å². The van der Waals surface area contributed by atoms with E-state index in [9.17, 15) is 9.59 Å². The highest BCUT2D eigenvalue weighted by Crippen LogP contribution is 2.37. The van der Waals surface area contributed by atoms with Crippen LogP contribution < -0.4 is 3.11 Å². The van der Waals surface area contributed by atoms with Gasteiger partial charge in [-0.25, -0.2) is 0 Å². The number of nitrogens with zero attached hydrogens (tertiary/aromatic N) is 1. The van der Waals surface area contributed by atoms with Crippen molar-refractivity contribution >= 4 is 40.1 Å². The minimum Gasteiger partial charge on any atom is -0.290 e. The van der Waals surface area contributed by atoms with E-state index in [2.05, 4.69) is 26.0 Å². The smallest absolute Gasteiger partial charge is 0.226 e. The second-order valence-electron chi connectivity index (χ2n) is 4.97. The summed E-state index contributed by atoms with van der Waals surface area (Å²) in [6.07, 6.45) is 3.92. The van der Waals surface area contributed by atoms with Crippen LogP contribution >= 0.6 is 22.9 Å². The fourth-order valence-electron chi connectivity index (χ4n) is 2.77. The topological polar surface area (TPSA) is 37.4 Å². The van der Waals surface area contributed by atoms with Crippen molar-refractivity contribution in [2.75, 3.05) is 3.11 Å². The molecule has 3 rings (SSSR count). The molecule has 2 aliphatic rings. The number of halogens is 1. The molecule has 0 atom stereocenters. The first-order valence-electron chi connectivity index (χ1n) is 6.52. The van der Waals surface area contributed by atoms with Crippen LogP contribution in [0.1, 0.15) is 31.2 Å². The summed E-state index contributed by atoms with van der Waals surface area (Å²) in [5.74, 6) is -0.544. The SMILES string of the molecule is O=C1Cc2ccccc2N(I)C2=C(CCCC2)C1=O. The van der Waals surface area contributed by atoms with Gasteiger partial charge in [0.25, 0.3) is 0 Å². The summed E-state index contributed by atoms with van der Waals surface area (Å²) < 4.78 is 2.08. The van der Waals surface area contributed by atoms with Gasteiger partial charge >= 0.3 is 0 Å². The van der Waals surface area contributed by atoms with Gasteiger partial charge in [0.05, 0.1) is 28.6 Å². The Morgan fingerprint density at radius 3 is 2.63 bits per heavy atom. The molecule has 0 fully saturated rings. The quantitative estimate of drug-likeness (QED) is 0.401. The number of ketones is 2. The third-order valence-electron chi connectivity index (χ3n) is 3.76. The fourth-order valence-corrected chi connectivity index (χ4v) is 3.77. The summed E-state index contributed by atoms with van der Waals surface area (Å²) in [6, 6.07) is 7.84. The molecule has 19 heavy (non-hydrogen) atoms. The lowest BCUT2D eigenvalue weighted by Crippen LogP contribution is -2.28. The molecule has 0 unspecified atom stereocenters. The molecule has 1 aromatic rings. The van der Waals surface area contributed by atoms with E-state index in [0.29, 0.717) is 0 Å². The van der Waals surface area contributed by atoms with Gasteiger partial charge in [0, 0.05) is 17.7 Å². The zero-order valence-corrected chi connectivity index (χ0v) is 12.6. The lowest BCUT2D eigenvalue weighted by Gasteiger charge is -2.29. The molecule has 1 aromatic carbocycles. The van der Waals surface area contributed by atoms with E-state index in [-0.39, 0.29) is 18.0 Å². The highest BCUT2D eigenvalue weighted by Gasteiger charge is 2.30. The largest absolute Gasteiger partial charge is 0.290 e. The third-order valence-corrected chi connectivity index (χ3v) is 4.86. The number of hydrogen-bond donors (Lipinski definition) is 0. The van der Waals surface area contributed by atoms with E-state index in [4.69, 9.17) is 0 Å². The summed E-state index contributed by atoms with van der Waals surface area (Å²) in [6.45, 7) is 0. The zero-order valence-electron chi connectivity index (χ0n) is 10.5. The number of rotatable bonds is 0. The molecule has 0 bridgehead atoms. The average molecular weight is 367 g/mol. The number of carbonyl (C=O) groups excluding carboxylic acids is 2. The molecule has 1 aliphatic heterocycles. The van der Waals surface area contributed by atoms with Gasteiger partial charge in [0.2, 0.25) is 11.6 Å². The number of anilines is 1. The van der Waals surface area contributed by atoms with Crippen LogP contribution in [-0.4, -0.2) is 11.6 Å². The van der Waals surface area contributed by atoms with Crippen LogP contribution in [0, 0.1) is 0 Å². The average Bonchev–Trinajstić information content (AvgIpc) is 2.45. The molecule has 0 aromatic heterocycles. The van der Waals surface area contributed by atoms with Crippen molar-refractivity contribution in [3.05, 3.63) is 41.1 Å². The van der Waals surface area contributed by atoms with Gasteiger partial charge in [0.15, 0.2) is 0 Å². The molecular weight excluding hydrogens is 353 g/mol. The van der Waals surface area contributed by atoms with Gasteiger partial charge in [-0.05, 0) is 37.3 Å². The first-order valence-corrected chi connectivity index (χ1v) is 7.48. The molecule has 3 nitrogen and oxygen atoms in total. The summed E-state index contributed by atoms with van der Waals surface area (Å²) in [4.78, 5) is 24.3. The van der Waals surface area contributed by atoms with Crippen LogP contribution in [0.5, 0.6) is 0 Å². The van der Waals surface area contributed by atoms with E-state index in [0.717, 1.165) is 48.2 Å². The van der Waals surface area contributed by atoms with Crippen molar-refractivity contribution in [2.24, 2.45) is 0 Å². The van der Waals surface area contributed by atoms with E-state index >= 15 is 0 Å². The molecule has 1 heterocycles. The standard InChI is InChI=1S/C15H14INO2/c16-17-12-7-3-1-5-10(12)9-14(18)15(19)11-6-2-4-8-13(11)17/h1,3,5,7H,2,4,6,8-9H2. The number of carbonyl (C=O) groups is 2. The van der Waals surface area contributed by atoms with Crippen molar-refractivity contribution in [1.82, 2.24) is 0 Å². The summed E-state index contributed by atoms with van der Waals surface area (Å²) in [5, 5.41) is 0. The van der Waals surface area contributed by atoms with Crippen LogP contribution in [0.15, 0.2) is 35.5 Å². The lowest BCUT2D eigenvalue weighted by molar-refractivity contribution is -0.134. The molecule has 0 amide bonds. The maximum Gasteiger partial charge on any atom is 0.226 e. The number of Topliss-reactive ketones (excluding diaryl/α,β-unsaturated/α-hetero) is 2. The first kappa shape index (κ1) is 12.8. The molecule has 0 saturated carbocycles. The van der Waals surface area contributed by atoms with E-state index < -0.39 is 0 Å². The summed E-state index contributed by atoms with van der Waals surface area (Å²) in [7, 11) is 0. The Balaban J connectivity index is 2.18. The lowest BCUT2D eigenvalue weighted by atomic mass is 9.88. The van der Waals surface area contributed by atoms with Crippen LogP contribution in [0.4, 0.5) is 5.69 Å². The number of para-hydroxylation sites is 1. The van der Waals surface area contributed by atoms with Gasteiger partial charge in [-0.15, -0.1) is 0 Å². The normalized spacial score (nSPS) is 19.7. The Hall–Kier alpha value is -1.17. The van der Waals surface area contributed by atoms with E-state index in [1.165, 1.54) is 0 Å². The summed E-state index contributed by atoms with van der Waals surface area (Å²) >= 11 is 2.25. The number of allylic oxidation sites excluding steroid dienone is 2. The first-order chi connectivity index (χ1) is 9.18. The second kappa shape index (κ2) is 5.07. The molecule has 0 N–H and O–H groups in total. The second-order valence-corrected chi connectivity index (χ2v) is 5.94. The highest BCUT2D eigenvalue weighted by molar-refractivity contribution is 14.1. The van der Waals surface area contributed by atoms with Crippen LogP contribution in [0.25, 0.3) is 0 Å². The maximum atomic E-state index is 12.3. The minimum atomic E-state index is -0.272. The predicted molar refractivity (Wildman–Crippen MR) is 82.2 cm³/mol. The molecule has 4 heteroatoms. The van der Waals surface area contributed by atoms with Crippen molar-refractivity contribution < 1.29 is 9.59 Å². The van der Waals surface area contributed by atoms with Crippen molar-refractivity contribution in [2.45, 2.75) is 32.1 Å². The van der Waals surface area contributed by atoms with Gasteiger partial charge in [0.1, 0.15) is 0 Å². The Morgan fingerprint density at radius 1 is 1.05 bits per heavy atom. The Morgan fingerprint density at radius 2 is 1.79 bits per heavy atom. The van der Waals surface area contributed by atoms with E-state index in [1.54, 1.807) is 0 Å². The van der Waals surface area contributed by atoms with Crippen LogP contribution in [0.2, 0.25) is 0 Å². The van der Waals surface area contributed by atoms with Crippen molar-refractivity contribution in [1.29, 1.82) is 0 Å². The minimum absolute atomic E-state index is 0.214. The van der Waals surface area contributed by atoms with Crippen molar-refractivity contribution in [3.8, 4) is 0 Å². The number of benzene rings is 1. The zero-order chi connectivity index (χ0) is 13.4. The molecule has 0 radical (unpaired) electrons. The monoisotopic (exact) mass is 367 g/mol. The Kier molecular flexibility index (Phi) is 3.43. The van der Waals surface area contributed by atoms with Crippen LogP contribution in [0.3, 0.4) is 0 Å². The molecule has 1 aliphatic carbocycles. The number of hydrogen-bond acceptors (Lipinski definition) is 3. The highest BCUT2D eigenvalue weighted by atomic mass is 127.